The lowest BCUT2D eigenvalue weighted by molar-refractivity contribution is -0.153. The maximum atomic E-state index is 13.4. The van der Waals surface area contributed by atoms with Crippen LogP contribution in [0.5, 0.6) is 11.5 Å². The molecule has 176 valence electrons. The molecule has 2 heterocycles. The van der Waals surface area contributed by atoms with E-state index in [1.807, 2.05) is 48.6 Å². The van der Waals surface area contributed by atoms with E-state index in [0.717, 1.165) is 16.0 Å². The molecule has 3 aromatic carbocycles. The number of hydrogen-bond donors (Lipinski definition) is 0. The number of likely N-dealkylation sites (tertiary alicyclic amines) is 1. The molecule has 0 radical (unpaired) electrons. The van der Waals surface area contributed by atoms with Crippen LogP contribution in [0.1, 0.15) is 31.8 Å². The van der Waals surface area contributed by atoms with Crippen LogP contribution >= 0.6 is 0 Å². The van der Waals surface area contributed by atoms with Gasteiger partial charge in [0.05, 0.1) is 37.9 Å². The van der Waals surface area contributed by atoms with Crippen molar-refractivity contribution in [3.8, 4) is 11.5 Å². The quantitative estimate of drug-likeness (QED) is 0.390. The second kappa shape index (κ2) is 9.10. The van der Waals surface area contributed by atoms with Crippen molar-refractivity contribution in [3.63, 3.8) is 0 Å². The Balaban J connectivity index is 1.48. The molecular formula is C28H24N2O5. The molecule has 2 aliphatic heterocycles. The molecule has 1 saturated heterocycles. The van der Waals surface area contributed by atoms with Crippen molar-refractivity contribution >= 4 is 23.8 Å². The molecule has 0 spiro atoms. The van der Waals surface area contributed by atoms with Crippen molar-refractivity contribution in [1.29, 1.82) is 0 Å². The number of carbonyl (C=O) groups is 3. The predicted octanol–water partition coefficient (Wildman–Crippen LogP) is 3.79. The average molecular weight is 469 g/mol. The third kappa shape index (κ3) is 3.85. The van der Waals surface area contributed by atoms with Gasteiger partial charge in [0, 0.05) is 11.6 Å². The largest absolute Gasteiger partial charge is 0.497 e. The zero-order valence-corrected chi connectivity index (χ0v) is 19.4. The summed E-state index contributed by atoms with van der Waals surface area (Å²) in [5.41, 5.74) is 2.40. The number of carbonyl (C=O) groups excluding carboxylic acids is 3. The van der Waals surface area contributed by atoms with Gasteiger partial charge < -0.3 is 14.4 Å². The fraction of sp³-hybridized carbons (Fsp3) is 0.179. The van der Waals surface area contributed by atoms with E-state index in [1.54, 1.807) is 55.5 Å². The van der Waals surface area contributed by atoms with Gasteiger partial charge in [0.1, 0.15) is 17.5 Å². The second-order valence-electron chi connectivity index (χ2n) is 8.38. The summed E-state index contributed by atoms with van der Waals surface area (Å²) in [4.78, 5) is 42.4. The van der Waals surface area contributed by atoms with Gasteiger partial charge in [-0.1, -0.05) is 54.6 Å². The number of β-lactam (4-membered cyclic amide) rings is 1. The van der Waals surface area contributed by atoms with E-state index in [1.165, 1.54) is 0 Å². The van der Waals surface area contributed by atoms with Crippen LogP contribution in [-0.4, -0.2) is 53.8 Å². The van der Waals surface area contributed by atoms with E-state index in [0.29, 0.717) is 22.6 Å². The number of methoxy groups -OCH3 is 2. The van der Waals surface area contributed by atoms with E-state index in [9.17, 15) is 14.4 Å². The Hall–Kier alpha value is -4.39. The third-order valence-corrected chi connectivity index (χ3v) is 6.44. The molecule has 2 unspecified atom stereocenters. The molecule has 1 fully saturated rings. The summed E-state index contributed by atoms with van der Waals surface area (Å²) in [6.07, 6.45) is 3.78. The first-order valence-electron chi connectivity index (χ1n) is 11.2. The molecular weight excluding hydrogens is 444 g/mol. The first kappa shape index (κ1) is 22.4. The topological polar surface area (TPSA) is 76.2 Å². The van der Waals surface area contributed by atoms with E-state index in [4.69, 9.17) is 9.47 Å². The van der Waals surface area contributed by atoms with Crippen LogP contribution in [0, 0.1) is 0 Å². The fourth-order valence-electron chi connectivity index (χ4n) is 4.61. The molecule has 0 aromatic heterocycles. The lowest BCUT2D eigenvalue weighted by Gasteiger charge is -2.48. The molecule has 0 N–H and O–H groups in total. The number of amides is 3. The average Bonchev–Trinajstić information content (AvgIpc) is 3.15. The summed E-state index contributed by atoms with van der Waals surface area (Å²) in [6, 6.07) is 20.3. The number of fused-ring (bicyclic) bond motifs is 1. The maximum Gasteiger partial charge on any atom is 0.262 e. The minimum atomic E-state index is -0.911. The van der Waals surface area contributed by atoms with Gasteiger partial charge in [0.25, 0.3) is 11.8 Å². The van der Waals surface area contributed by atoms with Crippen molar-refractivity contribution in [2.24, 2.45) is 0 Å². The van der Waals surface area contributed by atoms with E-state index >= 15 is 0 Å². The Kier molecular flexibility index (Phi) is 5.82. The number of imide groups is 1. The van der Waals surface area contributed by atoms with Gasteiger partial charge in [0.15, 0.2) is 0 Å². The van der Waals surface area contributed by atoms with Crippen molar-refractivity contribution in [2.45, 2.75) is 18.6 Å². The van der Waals surface area contributed by atoms with Gasteiger partial charge >= 0.3 is 0 Å². The van der Waals surface area contributed by atoms with Crippen LogP contribution in [0.3, 0.4) is 0 Å². The summed E-state index contributed by atoms with van der Waals surface area (Å²) < 4.78 is 10.8. The van der Waals surface area contributed by atoms with E-state index in [-0.39, 0.29) is 12.5 Å². The van der Waals surface area contributed by atoms with Gasteiger partial charge in [-0.05, 0) is 29.8 Å². The number of hydrogen-bond acceptors (Lipinski definition) is 5. The normalized spacial score (nSPS) is 19.2. The van der Waals surface area contributed by atoms with Crippen molar-refractivity contribution in [1.82, 2.24) is 9.80 Å². The Bertz CT molecular complexity index is 1300. The van der Waals surface area contributed by atoms with E-state index in [2.05, 4.69) is 0 Å². The number of ether oxygens (including phenoxy) is 2. The highest BCUT2D eigenvalue weighted by atomic mass is 16.5. The molecule has 0 aliphatic carbocycles. The number of benzene rings is 3. The van der Waals surface area contributed by atoms with Crippen LogP contribution in [0.15, 0.2) is 78.9 Å². The molecule has 3 amide bonds. The fourth-order valence-corrected chi connectivity index (χ4v) is 4.61. The lowest BCUT2D eigenvalue weighted by Crippen LogP contribution is -2.70. The van der Waals surface area contributed by atoms with Gasteiger partial charge in [-0.25, -0.2) is 0 Å². The third-order valence-electron chi connectivity index (χ3n) is 6.44. The maximum absolute atomic E-state index is 13.4. The highest BCUT2D eigenvalue weighted by Crippen LogP contribution is 2.36. The Morgan fingerprint density at radius 3 is 2.11 bits per heavy atom. The SMILES string of the molecule is COc1ccc(CN2C(=O)C(N3C(=O)c4ccccc4C3=O)C2/C=C\c2ccccc2)c(OC)c1. The molecule has 7 nitrogen and oxygen atoms in total. The molecule has 35 heavy (non-hydrogen) atoms. The van der Waals surface area contributed by atoms with Gasteiger partial charge in [-0.3, -0.25) is 19.3 Å². The lowest BCUT2D eigenvalue weighted by atomic mass is 9.91. The van der Waals surface area contributed by atoms with Gasteiger partial charge in [-0.15, -0.1) is 0 Å². The zero-order chi connectivity index (χ0) is 24.5. The number of rotatable bonds is 7. The molecule has 5 rings (SSSR count). The minimum Gasteiger partial charge on any atom is -0.497 e. The first-order chi connectivity index (χ1) is 17.0. The Labute approximate surface area is 203 Å². The van der Waals surface area contributed by atoms with Crippen LogP contribution in [0.2, 0.25) is 0 Å². The van der Waals surface area contributed by atoms with Crippen molar-refractivity contribution in [2.75, 3.05) is 14.2 Å². The van der Waals surface area contributed by atoms with Crippen molar-refractivity contribution < 1.29 is 23.9 Å². The second-order valence-corrected chi connectivity index (χ2v) is 8.38. The summed E-state index contributed by atoms with van der Waals surface area (Å²) in [5.74, 6) is 0.0599. The first-order valence-corrected chi connectivity index (χ1v) is 11.2. The van der Waals surface area contributed by atoms with Crippen LogP contribution in [0.25, 0.3) is 6.08 Å². The molecule has 7 heteroatoms. The van der Waals surface area contributed by atoms with Crippen LogP contribution in [0.4, 0.5) is 0 Å². The van der Waals surface area contributed by atoms with E-state index < -0.39 is 23.9 Å². The molecule has 2 aliphatic rings. The molecule has 0 saturated carbocycles. The molecule has 3 aromatic rings. The minimum absolute atomic E-state index is 0.259. The number of nitrogens with zero attached hydrogens (tertiary/aromatic N) is 2. The summed E-state index contributed by atoms with van der Waals surface area (Å²) >= 11 is 0. The highest BCUT2D eigenvalue weighted by molar-refractivity contribution is 6.23. The summed E-state index contributed by atoms with van der Waals surface area (Å²) in [6.45, 7) is 0.259. The predicted molar refractivity (Wildman–Crippen MR) is 130 cm³/mol. The summed E-state index contributed by atoms with van der Waals surface area (Å²) in [7, 11) is 3.13. The van der Waals surface area contributed by atoms with Crippen molar-refractivity contribution in [3.05, 3.63) is 101 Å². The summed E-state index contributed by atoms with van der Waals surface area (Å²) in [5, 5.41) is 0. The monoisotopic (exact) mass is 468 g/mol. The Morgan fingerprint density at radius 2 is 1.49 bits per heavy atom. The Morgan fingerprint density at radius 1 is 0.829 bits per heavy atom. The highest BCUT2D eigenvalue weighted by Gasteiger charge is 2.55. The van der Waals surface area contributed by atoms with Gasteiger partial charge in [0.2, 0.25) is 5.91 Å². The van der Waals surface area contributed by atoms with Gasteiger partial charge in [-0.2, -0.15) is 0 Å². The molecule has 0 bridgehead atoms. The van der Waals surface area contributed by atoms with Crippen LogP contribution < -0.4 is 9.47 Å². The molecule has 2 atom stereocenters. The standard InChI is InChI=1S/C28H24N2O5/c1-34-20-14-13-19(24(16-20)35-2)17-29-23(15-12-18-8-4-3-5-9-18)25(28(29)33)30-26(31)21-10-6-7-11-22(21)27(30)32/h3-16,23,25H,17H2,1-2H3/b15-12-. The smallest absolute Gasteiger partial charge is 0.262 e. The zero-order valence-electron chi connectivity index (χ0n) is 19.4. The van der Waals surface area contributed by atoms with Crippen LogP contribution in [-0.2, 0) is 11.3 Å².